The van der Waals surface area contributed by atoms with Crippen molar-refractivity contribution in [3.63, 3.8) is 0 Å². The Hall–Kier alpha value is -0.300. The number of carbonyl (C=O) groups excluding carboxylic acids is 1. The molecule has 3 aliphatic rings. The maximum Gasteiger partial charge on any atom is 0.230 e. The van der Waals surface area contributed by atoms with E-state index < -0.39 is 0 Å². The van der Waals surface area contributed by atoms with E-state index in [2.05, 4.69) is 15.5 Å². The van der Waals surface area contributed by atoms with E-state index in [0.717, 1.165) is 26.2 Å². The normalized spacial score (nSPS) is 31.0. The van der Waals surface area contributed by atoms with Crippen molar-refractivity contribution in [2.24, 2.45) is 0 Å². The van der Waals surface area contributed by atoms with Crippen LogP contribution in [0.25, 0.3) is 0 Å². The number of thioether (sulfide) groups is 1. The molecule has 0 aromatic heterocycles. The lowest BCUT2D eigenvalue weighted by Gasteiger charge is -2.35. The van der Waals surface area contributed by atoms with Crippen LogP contribution in [0.2, 0.25) is 0 Å². The molecule has 5 nitrogen and oxygen atoms in total. The predicted octanol–water partition coefficient (Wildman–Crippen LogP) is 0.451. The first kappa shape index (κ1) is 15.6. The van der Waals surface area contributed by atoms with Crippen LogP contribution >= 0.6 is 11.8 Å². The standard InChI is InChI=1S/C15H27N3O2S/c19-15(11-21-14-3-5-16-6-4-14)17-8-13-9-18-7-1-2-12(18)10-20-13/h12-14,16H,1-11H2,(H,17,19). The second kappa shape index (κ2) is 7.81. The van der Waals surface area contributed by atoms with E-state index >= 15 is 0 Å². The third kappa shape index (κ3) is 4.58. The quantitative estimate of drug-likeness (QED) is 0.772. The molecule has 3 saturated heterocycles. The van der Waals surface area contributed by atoms with Crippen LogP contribution in [0.3, 0.4) is 0 Å². The Bertz CT molecular complexity index is 350. The number of rotatable bonds is 5. The Balaban J connectivity index is 1.30. The van der Waals surface area contributed by atoms with Gasteiger partial charge in [-0.2, -0.15) is 0 Å². The van der Waals surface area contributed by atoms with E-state index in [1.54, 1.807) is 11.8 Å². The van der Waals surface area contributed by atoms with Gasteiger partial charge in [-0.3, -0.25) is 9.69 Å². The molecule has 0 aromatic carbocycles. The molecule has 0 radical (unpaired) electrons. The number of amides is 1. The highest BCUT2D eigenvalue weighted by Gasteiger charge is 2.32. The lowest BCUT2D eigenvalue weighted by atomic mass is 10.2. The summed E-state index contributed by atoms with van der Waals surface area (Å²) in [6.07, 6.45) is 5.10. The molecule has 2 atom stereocenters. The summed E-state index contributed by atoms with van der Waals surface area (Å²) in [5.74, 6) is 0.745. The third-order valence-corrected chi connectivity index (χ3v) is 6.10. The number of fused-ring (bicyclic) bond motifs is 1. The average molecular weight is 313 g/mol. The molecule has 21 heavy (non-hydrogen) atoms. The van der Waals surface area contributed by atoms with Crippen LogP contribution in [0.4, 0.5) is 0 Å². The van der Waals surface area contributed by atoms with Crippen molar-refractivity contribution in [2.45, 2.75) is 43.1 Å². The Morgan fingerprint density at radius 1 is 1.33 bits per heavy atom. The number of nitrogens with one attached hydrogen (secondary N) is 2. The zero-order valence-corrected chi connectivity index (χ0v) is 13.5. The van der Waals surface area contributed by atoms with Gasteiger partial charge in [-0.15, -0.1) is 11.8 Å². The molecule has 3 fully saturated rings. The molecule has 6 heteroatoms. The average Bonchev–Trinajstić information content (AvgIpc) is 2.99. The summed E-state index contributed by atoms with van der Waals surface area (Å²) in [7, 11) is 0. The summed E-state index contributed by atoms with van der Waals surface area (Å²) in [5.41, 5.74) is 0. The summed E-state index contributed by atoms with van der Waals surface area (Å²) < 4.78 is 5.87. The fourth-order valence-corrected chi connectivity index (χ4v) is 4.50. The number of hydrogen-bond acceptors (Lipinski definition) is 5. The molecule has 120 valence electrons. The van der Waals surface area contributed by atoms with Gasteiger partial charge in [0, 0.05) is 24.4 Å². The van der Waals surface area contributed by atoms with Gasteiger partial charge in [-0.05, 0) is 45.3 Å². The first-order valence-electron chi connectivity index (χ1n) is 8.26. The van der Waals surface area contributed by atoms with Crippen LogP contribution < -0.4 is 10.6 Å². The number of nitrogens with zero attached hydrogens (tertiary/aromatic N) is 1. The van der Waals surface area contributed by atoms with Gasteiger partial charge in [0.25, 0.3) is 0 Å². The highest BCUT2D eigenvalue weighted by atomic mass is 32.2. The molecule has 3 rings (SSSR count). The molecule has 0 aromatic rings. The highest BCUT2D eigenvalue weighted by molar-refractivity contribution is 8.00. The third-order valence-electron chi connectivity index (χ3n) is 4.72. The Morgan fingerprint density at radius 2 is 2.19 bits per heavy atom. The molecular formula is C15H27N3O2S. The number of ether oxygens (including phenoxy) is 1. The van der Waals surface area contributed by atoms with Gasteiger partial charge >= 0.3 is 0 Å². The number of carbonyl (C=O) groups is 1. The van der Waals surface area contributed by atoms with Crippen LogP contribution in [0, 0.1) is 0 Å². The Kier molecular flexibility index (Phi) is 5.80. The summed E-state index contributed by atoms with van der Waals surface area (Å²) in [5, 5.41) is 7.05. The van der Waals surface area contributed by atoms with Crippen LogP contribution in [0.1, 0.15) is 25.7 Å². The second-order valence-corrected chi connectivity index (χ2v) is 7.60. The first-order valence-corrected chi connectivity index (χ1v) is 9.31. The molecule has 2 N–H and O–H groups in total. The SMILES string of the molecule is O=C(CSC1CCNCC1)NCC1CN2CCCC2CO1. The van der Waals surface area contributed by atoms with Gasteiger partial charge in [-0.25, -0.2) is 0 Å². The first-order chi connectivity index (χ1) is 10.3. The minimum atomic E-state index is 0.158. The van der Waals surface area contributed by atoms with Crippen molar-refractivity contribution in [3.05, 3.63) is 0 Å². The van der Waals surface area contributed by atoms with Crippen LogP contribution in [0.5, 0.6) is 0 Å². The molecule has 3 aliphatic heterocycles. The van der Waals surface area contributed by atoms with Gasteiger partial charge in [0.05, 0.1) is 18.5 Å². The van der Waals surface area contributed by atoms with Crippen molar-refractivity contribution >= 4 is 17.7 Å². The van der Waals surface area contributed by atoms with Gasteiger partial charge < -0.3 is 15.4 Å². The predicted molar refractivity (Wildman–Crippen MR) is 85.7 cm³/mol. The molecular weight excluding hydrogens is 286 g/mol. The lowest BCUT2D eigenvalue weighted by molar-refractivity contribution is -0.120. The zero-order chi connectivity index (χ0) is 14.5. The van der Waals surface area contributed by atoms with E-state index in [-0.39, 0.29) is 12.0 Å². The van der Waals surface area contributed by atoms with Gasteiger partial charge in [0.1, 0.15) is 0 Å². The molecule has 0 spiro atoms. The summed E-state index contributed by atoms with van der Waals surface area (Å²) in [6, 6.07) is 0.632. The summed E-state index contributed by atoms with van der Waals surface area (Å²) in [6.45, 7) is 5.86. The second-order valence-electron chi connectivity index (χ2n) is 6.31. The summed E-state index contributed by atoms with van der Waals surface area (Å²) in [4.78, 5) is 14.5. The maximum atomic E-state index is 11.9. The molecule has 2 unspecified atom stereocenters. The van der Waals surface area contributed by atoms with Crippen molar-refractivity contribution < 1.29 is 9.53 Å². The molecule has 0 bridgehead atoms. The smallest absolute Gasteiger partial charge is 0.230 e. The van der Waals surface area contributed by atoms with Gasteiger partial charge in [0.2, 0.25) is 5.91 Å². The van der Waals surface area contributed by atoms with Gasteiger partial charge in [-0.1, -0.05) is 0 Å². The van der Waals surface area contributed by atoms with Crippen LogP contribution in [-0.2, 0) is 9.53 Å². The lowest BCUT2D eigenvalue weighted by Crippen LogP contribution is -2.50. The van der Waals surface area contributed by atoms with Crippen molar-refractivity contribution in [1.82, 2.24) is 15.5 Å². The Labute approximate surface area is 131 Å². The molecule has 3 heterocycles. The maximum absolute atomic E-state index is 11.9. The molecule has 0 aliphatic carbocycles. The van der Waals surface area contributed by atoms with Gasteiger partial charge in [0.15, 0.2) is 0 Å². The van der Waals surface area contributed by atoms with E-state index in [9.17, 15) is 4.79 Å². The van der Waals surface area contributed by atoms with E-state index in [1.807, 2.05) is 0 Å². The van der Waals surface area contributed by atoms with Crippen LogP contribution in [-0.4, -0.2) is 73.3 Å². The topological polar surface area (TPSA) is 53.6 Å². The number of hydrogen-bond donors (Lipinski definition) is 2. The fourth-order valence-electron chi connectivity index (χ4n) is 3.44. The molecule has 0 saturated carbocycles. The zero-order valence-electron chi connectivity index (χ0n) is 12.7. The largest absolute Gasteiger partial charge is 0.373 e. The molecule has 1 amide bonds. The van der Waals surface area contributed by atoms with Crippen molar-refractivity contribution in [1.29, 1.82) is 0 Å². The minimum absolute atomic E-state index is 0.158. The van der Waals surface area contributed by atoms with Crippen LogP contribution in [0.15, 0.2) is 0 Å². The van der Waals surface area contributed by atoms with Crippen molar-refractivity contribution in [3.8, 4) is 0 Å². The van der Waals surface area contributed by atoms with E-state index in [0.29, 0.717) is 23.6 Å². The fraction of sp³-hybridized carbons (Fsp3) is 0.933. The number of morpholine rings is 1. The Morgan fingerprint density at radius 3 is 3.05 bits per heavy atom. The van der Waals surface area contributed by atoms with E-state index in [4.69, 9.17) is 4.74 Å². The summed E-state index contributed by atoms with van der Waals surface area (Å²) >= 11 is 1.80. The van der Waals surface area contributed by atoms with Crippen molar-refractivity contribution in [2.75, 3.05) is 45.1 Å². The van der Waals surface area contributed by atoms with E-state index in [1.165, 1.54) is 32.2 Å². The minimum Gasteiger partial charge on any atom is -0.373 e. The highest BCUT2D eigenvalue weighted by Crippen LogP contribution is 2.22. The number of piperidine rings is 1. The monoisotopic (exact) mass is 313 g/mol.